The first-order valence-electron chi connectivity index (χ1n) is 7.78. The Balaban J connectivity index is 1.64. The molecule has 1 N–H and O–H groups in total. The molecule has 0 aliphatic heterocycles. The van der Waals surface area contributed by atoms with Gasteiger partial charge < -0.3 is 14.8 Å². The number of carbonyl (C=O) groups is 1. The number of hydrogen-bond acceptors (Lipinski definition) is 3. The van der Waals surface area contributed by atoms with Crippen LogP contribution in [0.3, 0.4) is 0 Å². The Kier molecular flexibility index (Phi) is 6.63. The van der Waals surface area contributed by atoms with Gasteiger partial charge in [-0.3, -0.25) is 4.79 Å². The molecule has 1 atom stereocenters. The van der Waals surface area contributed by atoms with Gasteiger partial charge in [-0.15, -0.1) is 0 Å². The quantitative estimate of drug-likeness (QED) is 0.762. The highest BCUT2D eigenvalue weighted by Gasteiger charge is 2.13. The molecule has 2 aromatic carbocycles. The number of amides is 1. The summed E-state index contributed by atoms with van der Waals surface area (Å²) < 4.78 is 11.2. The maximum atomic E-state index is 12.0. The zero-order chi connectivity index (χ0) is 16.5. The highest BCUT2D eigenvalue weighted by molar-refractivity contribution is 5.80. The number of aryl methyl sites for hydroxylation is 1. The molecule has 0 aliphatic carbocycles. The molecule has 122 valence electrons. The van der Waals surface area contributed by atoms with Gasteiger partial charge in [0.25, 0.3) is 5.91 Å². The largest absolute Gasteiger partial charge is 0.481 e. The average molecular weight is 313 g/mol. The molecular weight excluding hydrogens is 290 g/mol. The fraction of sp³-hybridized carbons (Fsp3) is 0.316. The molecule has 0 saturated carbocycles. The molecule has 2 rings (SSSR count). The lowest BCUT2D eigenvalue weighted by molar-refractivity contribution is -0.127. The van der Waals surface area contributed by atoms with Crippen LogP contribution in [0.4, 0.5) is 0 Å². The van der Waals surface area contributed by atoms with Crippen molar-refractivity contribution in [3.8, 4) is 5.75 Å². The first-order valence-corrected chi connectivity index (χ1v) is 7.78. The molecule has 4 nitrogen and oxygen atoms in total. The molecule has 4 heteroatoms. The predicted octanol–water partition coefficient (Wildman–Crippen LogP) is 3.10. The van der Waals surface area contributed by atoms with Crippen molar-refractivity contribution in [2.45, 2.75) is 26.6 Å². The molecular formula is C19H23NO3. The molecule has 0 saturated heterocycles. The zero-order valence-corrected chi connectivity index (χ0v) is 13.6. The lowest BCUT2D eigenvalue weighted by Gasteiger charge is -2.15. The summed E-state index contributed by atoms with van der Waals surface area (Å²) in [6.45, 7) is 5.21. The van der Waals surface area contributed by atoms with Gasteiger partial charge in [0.15, 0.2) is 6.10 Å². The van der Waals surface area contributed by atoms with Crippen molar-refractivity contribution in [3.63, 3.8) is 0 Å². The maximum absolute atomic E-state index is 12.0. The van der Waals surface area contributed by atoms with Crippen LogP contribution in [0.25, 0.3) is 0 Å². The van der Waals surface area contributed by atoms with Gasteiger partial charge in [0.1, 0.15) is 5.75 Å². The van der Waals surface area contributed by atoms with E-state index in [1.807, 2.05) is 61.5 Å². The van der Waals surface area contributed by atoms with Crippen molar-refractivity contribution >= 4 is 5.91 Å². The molecule has 1 amide bonds. The van der Waals surface area contributed by atoms with E-state index < -0.39 is 6.10 Å². The van der Waals surface area contributed by atoms with Crippen LogP contribution in [-0.4, -0.2) is 25.2 Å². The number of ether oxygens (including phenoxy) is 2. The first kappa shape index (κ1) is 17.0. The second-order valence-corrected chi connectivity index (χ2v) is 5.41. The van der Waals surface area contributed by atoms with E-state index in [4.69, 9.17) is 9.47 Å². The monoisotopic (exact) mass is 313 g/mol. The second kappa shape index (κ2) is 8.96. The molecule has 0 bridgehead atoms. The van der Waals surface area contributed by atoms with E-state index >= 15 is 0 Å². The summed E-state index contributed by atoms with van der Waals surface area (Å²) in [5.74, 6) is 0.558. The third-order valence-electron chi connectivity index (χ3n) is 3.33. The number of benzene rings is 2. The SMILES string of the molecule is Cc1cccc(OC(C)C(=O)NCCOCc2ccccc2)c1. The topological polar surface area (TPSA) is 47.6 Å². The van der Waals surface area contributed by atoms with Crippen molar-refractivity contribution in [3.05, 3.63) is 65.7 Å². The minimum absolute atomic E-state index is 0.144. The van der Waals surface area contributed by atoms with E-state index in [9.17, 15) is 4.79 Å². The molecule has 23 heavy (non-hydrogen) atoms. The summed E-state index contributed by atoms with van der Waals surface area (Å²) in [5, 5.41) is 2.81. The van der Waals surface area contributed by atoms with Crippen LogP contribution < -0.4 is 10.1 Å². The molecule has 0 aliphatic rings. The van der Waals surface area contributed by atoms with Crippen LogP contribution in [0.2, 0.25) is 0 Å². The Labute approximate surface area is 137 Å². The third kappa shape index (κ3) is 6.12. The summed E-state index contributed by atoms with van der Waals surface area (Å²) in [6, 6.07) is 17.6. The normalized spacial score (nSPS) is 11.7. The van der Waals surface area contributed by atoms with Crippen LogP contribution in [0, 0.1) is 6.92 Å². The standard InChI is InChI=1S/C19H23NO3/c1-15-7-6-10-18(13-15)23-16(2)19(21)20-11-12-22-14-17-8-4-3-5-9-17/h3-10,13,16H,11-12,14H2,1-2H3,(H,20,21). The van der Waals surface area contributed by atoms with E-state index in [1.165, 1.54) is 0 Å². The zero-order valence-electron chi connectivity index (χ0n) is 13.6. The van der Waals surface area contributed by atoms with Crippen molar-refractivity contribution in [1.82, 2.24) is 5.32 Å². The first-order chi connectivity index (χ1) is 11.1. The second-order valence-electron chi connectivity index (χ2n) is 5.41. The van der Waals surface area contributed by atoms with Gasteiger partial charge in [0.05, 0.1) is 13.2 Å². The molecule has 0 fully saturated rings. The van der Waals surface area contributed by atoms with Gasteiger partial charge in [-0.05, 0) is 37.1 Å². The summed E-state index contributed by atoms with van der Waals surface area (Å²) in [5.41, 5.74) is 2.22. The summed E-state index contributed by atoms with van der Waals surface area (Å²) >= 11 is 0. The highest BCUT2D eigenvalue weighted by Crippen LogP contribution is 2.14. The molecule has 2 aromatic rings. The molecule has 0 aromatic heterocycles. The van der Waals surface area contributed by atoms with Crippen LogP contribution >= 0.6 is 0 Å². The Morgan fingerprint density at radius 3 is 2.65 bits per heavy atom. The highest BCUT2D eigenvalue weighted by atomic mass is 16.5. The van der Waals surface area contributed by atoms with Crippen LogP contribution in [0.1, 0.15) is 18.1 Å². The van der Waals surface area contributed by atoms with Crippen LogP contribution in [0.15, 0.2) is 54.6 Å². The van der Waals surface area contributed by atoms with Crippen molar-refractivity contribution in [2.24, 2.45) is 0 Å². The van der Waals surface area contributed by atoms with E-state index in [2.05, 4.69) is 5.32 Å². The summed E-state index contributed by atoms with van der Waals surface area (Å²) in [7, 11) is 0. The smallest absolute Gasteiger partial charge is 0.260 e. The Hall–Kier alpha value is -2.33. The average Bonchev–Trinajstić information content (AvgIpc) is 2.55. The minimum atomic E-state index is -0.536. The number of hydrogen-bond donors (Lipinski definition) is 1. The fourth-order valence-electron chi connectivity index (χ4n) is 2.10. The van der Waals surface area contributed by atoms with Gasteiger partial charge in [-0.2, -0.15) is 0 Å². The summed E-state index contributed by atoms with van der Waals surface area (Å²) in [4.78, 5) is 12.0. The van der Waals surface area contributed by atoms with Crippen molar-refractivity contribution in [1.29, 1.82) is 0 Å². The summed E-state index contributed by atoms with van der Waals surface area (Å²) in [6.07, 6.45) is -0.536. The molecule has 1 unspecified atom stereocenters. The van der Waals surface area contributed by atoms with Gasteiger partial charge in [0, 0.05) is 6.54 Å². The van der Waals surface area contributed by atoms with E-state index in [1.54, 1.807) is 6.92 Å². The Bertz CT molecular complexity index is 613. The Morgan fingerprint density at radius 2 is 1.91 bits per heavy atom. The lowest BCUT2D eigenvalue weighted by Crippen LogP contribution is -2.38. The maximum Gasteiger partial charge on any atom is 0.260 e. The van der Waals surface area contributed by atoms with Crippen molar-refractivity contribution in [2.75, 3.05) is 13.2 Å². The number of nitrogens with one attached hydrogen (secondary N) is 1. The van der Waals surface area contributed by atoms with Gasteiger partial charge in [-0.1, -0.05) is 42.5 Å². The number of carbonyl (C=O) groups excluding carboxylic acids is 1. The third-order valence-corrected chi connectivity index (χ3v) is 3.33. The van der Waals surface area contributed by atoms with Crippen LogP contribution in [-0.2, 0) is 16.1 Å². The van der Waals surface area contributed by atoms with Gasteiger partial charge in [0.2, 0.25) is 0 Å². The van der Waals surface area contributed by atoms with Crippen LogP contribution in [0.5, 0.6) is 5.75 Å². The predicted molar refractivity (Wildman–Crippen MR) is 90.4 cm³/mol. The number of rotatable bonds is 8. The van der Waals surface area contributed by atoms with E-state index in [0.717, 1.165) is 11.1 Å². The molecule has 0 heterocycles. The molecule has 0 radical (unpaired) electrons. The van der Waals surface area contributed by atoms with Gasteiger partial charge in [-0.25, -0.2) is 0 Å². The lowest BCUT2D eigenvalue weighted by atomic mass is 10.2. The van der Waals surface area contributed by atoms with Crippen molar-refractivity contribution < 1.29 is 14.3 Å². The van der Waals surface area contributed by atoms with E-state index in [0.29, 0.717) is 25.5 Å². The minimum Gasteiger partial charge on any atom is -0.481 e. The van der Waals surface area contributed by atoms with Gasteiger partial charge >= 0.3 is 0 Å². The van der Waals surface area contributed by atoms with E-state index in [-0.39, 0.29) is 5.91 Å². The Morgan fingerprint density at radius 1 is 1.13 bits per heavy atom. The fourth-order valence-corrected chi connectivity index (χ4v) is 2.10. The molecule has 0 spiro atoms.